The monoisotopic (exact) mass is 300 g/mol. The second-order valence-corrected chi connectivity index (χ2v) is 2.81. The minimum absolute atomic E-state index is 0. The van der Waals surface area contributed by atoms with Gasteiger partial charge in [0.05, 0.1) is 5.02 Å². The third-order valence-electron chi connectivity index (χ3n) is 1.08. The van der Waals surface area contributed by atoms with E-state index in [0.29, 0.717) is 10.8 Å². The van der Waals surface area contributed by atoms with Gasteiger partial charge >= 0.3 is 0 Å². The van der Waals surface area contributed by atoms with Gasteiger partial charge in [0.15, 0.2) is 0 Å². The van der Waals surface area contributed by atoms with Crippen LogP contribution in [-0.2, 0) is 5.33 Å². The average Bonchev–Trinajstić information content (AvgIpc) is 1.95. The van der Waals surface area contributed by atoms with Crippen molar-refractivity contribution in [2.75, 3.05) is 5.73 Å². The highest BCUT2D eigenvalue weighted by molar-refractivity contribution is 9.08. The Balaban J connectivity index is 0.000001000. The summed E-state index contributed by atoms with van der Waals surface area (Å²) < 4.78 is 0. The third-order valence-corrected chi connectivity index (χ3v) is 2.03. The number of hydrogen-bond acceptors (Lipinski definition) is 2. The molecule has 0 spiro atoms. The fourth-order valence-corrected chi connectivity index (χ4v) is 1.06. The molecular formula is C6H7Br2ClN2. The van der Waals surface area contributed by atoms with Gasteiger partial charge in [-0.3, -0.25) is 0 Å². The van der Waals surface area contributed by atoms with Crippen molar-refractivity contribution in [3.8, 4) is 0 Å². The van der Waals surface area contributed by atoms with E-state index in [2.05, 4.69) is 20.9 Å². The number of anilines is 1. The predicted octanol–water partition coefficient (Wildman–Crippen LogP) is 2.79. The van der Waals surface area contributed by atoms with E-state index in [4.69, 9.17) is 17.3 Å². The van der Waals surface area contributed by atoms with Gasteiger partial charge in [0, 0.05) is 11.5 Å². The molecule has 1 aromatic rings. The molecule has 2 N–H and O–H groups in total. The largest absolute Gasteiger partial charge is 0.382 e. The third kappa shape index (κ3) is 2.97. The first kappa shape index (κ1) is 11.2. The Morgan fingerprint density at radius 1 is 1.64 bits per heavy atom. The van der Waals surface area contributed by atoms with Crippen LogP contribution in [0.15, 0.2) is 12.3 Å². The number of rotatable bonds is 1. The number of pyridine rings is 1. The van der Waals surface area contributed by atoms with E-state index in [-0.39, 0.29) is 17.0 Å². The van der Waals surface area contributed by atoms with Gasteiger partial charge in [-0.25, -0.2) is 4.98 Å². The van der Waals surface area contributed by atoms with Crippen LogP contribution in [-0.4, -0.2) is 4.98 Å². The molecule has 0 aromatic carbocycles. The summed E-state index contributed by atoms with van der Waals surface area (Å²) in [6, 6.07) is 1.79. The zero-order valence-corrected chi connectivity index (χ0v) is 9.61. The second kappa shape index (κ2) is 4.95. The molecule has 0 bridgehead atoms. The van der Waals surface area contributed by atoms with E-state index in [9.17, 15) is 0 Å². The summed E-state index contributed by atoms with van der Waals surface area (Å²) >= 11 is 8.96. The Morgan fingerprint density at radius 2 is 2.27 bits per heavy atom. The van der Waals surface area contributed by atoms with Gasteiger partial charge in [-0.1, -0.05) is 27.5 Å². The molecule has 0 amide bonds. The van der Waals surface area contributed by atoms with E-state index in [1.54, 1.807) is 12.3 Å². The Bertz CT molecular complexity index is 242. The first-order valence-electron chi connectivity index (χ1n) is 2.70. The molecule has 0 atom stereocenters. The van der Waals surface area contributed by atoms with Gasteiger partial charge in [0.25, 0.3) is 0 Å². The normalized spacial score (nSPS) is 8.91. The van der Waals surface area contributed by atoms with Crippen molar-refractivity contribution < 1.29 is 0 Å². The molecule has 0 radical (unpaired) electrons. The molecule has 0 unspecified atom stereocenters. The van der Waals surface area contributed by atoms with Gasteiger partial charge < -0.3 is 5.73 Å². The first-order chi connectivity index (χ1) is 4.74. The van der Waals surface area contributed by atoms with Crippen molar-refractivity contribution in [1.82, 2.24) is 4.98 Å². The molecule has 0 aliphatic heterocycles. The molecule has 2 nitrogen and oxygen atoms in total. The fourth-order valence-electron chi connectivity index (χ4n) is 0.561. The molecule has 5 heteroatoms. The van der Waals surface area contributed by atoms with E-state index in [1.807, 2.05) is 0 Å². The SMILES string of the molecule is Br.Nc1ncc(CBr)cc1Cl. The van der Waals surface area contributed by atoms with E-state index >= 15 is 0 Å². The molecule has 62 valence electrons. The average molecular weight is 302 g/mol. The maximum Gasteiger partial charge on any atom is 0.142 e. The summed E-state index contributed by atoms with van der Waals surface area (Å²) in [7, 11) is 0. The van der Waals surface area contributed by atoms with Crippen LogP contribution >= 0.6 is 44.5 Å². The van der Waals surface area contributed by atoms with E-state index in [1.165, 1.54) is 0 Å². The molecule has 1 heterocycles. The molecule has 11 heavy (non-hydrogen) atoms. The summed E-state index contributed by atoms with van der Waals surface area (Å²) in [5.41, 5.74) is 6.41. The second-order valence-electron chi connectivity index (χ2n) is 1.84. The fraction of sp³-hybridized carbons (Fsp3) is 0.167. The molecule has 1 aromatic heterocycles. The van der Waals surface area contributed by atoms with Crippen LogP contribution in [0.25, 0.3) is 0 Å². The molecule has 0 aliphatic carbocycles. The summed E-state index contributed by atoms with van der Waals surface area (Å²) in [6.07, 6.45) is 1.69. The number of alkyl halides is 1. The molecular weight excluding hydrogens is 295 g/mol. The summed E-state index contributed by atoms with van der Waals surface area (Å²) in [5, 5.41) is 1.26. The van der Waals surface area contributed by atoms with Crippen molar-refractivity contribution >= 4 is 50.3 Å². The zero-order valence-electron chi connectivity index (χ0n) is 5.55. The number of aromatic nitrogens is 1. The maximum atomic E-state index is 5.68. The van der Waals surface area contributed by atoms with Crippen LogP contribution in [0.4, 0.5) is 5.82 Å². The van der Waals surface area contributed by atoms with Crippen LogP contribution in [0.2, 0.25) is 5.02 Å². The number of halogens is 3. The molecule has 1 rings (SSSR count). The summed E-state index contributed by atoms with van der Waals surface area (Å²) in [5.74, 6) is 0.381. The standard InChI is InChI=1S/C6H6BrClN2.BrH/c7-2-4-1-5(8)6(9)10-3-4;/h1,3H,2H2,(H2,9,10);1H. The first-order valence-corrected chi connectivity index (χ1v) is 4.20. The van der Waals surface area contributed by atoms with Crippen LogP contribution < -0.4 is 5.73 Å². The topological polar surface area (TPSA) is 38.9 Å². The van der Waals surface area contributed by atoms with Crippen molar-refractivity contribution in [2.45, 2.75) is 5.33 Å². The Morgan fingerprint density at radius 3 is 2.73 bits per heavy atom. The number of hydrogen-bond donors (Lipinski definition) is 1. The molecule has 0 fully saturated rings. The van der Waals surface area contributed by atoms with Gasteiger partial charge in [0.1, 0.15) is 5.82 Å². The Labute approximate surface area is 89.0 Å². The lowest BCUT2D eigenvalue weighted by Gasteiger charge is -1.97. The zero-order chi connectivity index (χ0) is 7.56. The van der Waals surface area contributed by atoms with Crippen molar-refractivity contribution in [2.24, 2.45) is 0 Å². The van der Waals surface area contributed by atoms with Gasteiger partial charge in [-0.2, -0.15) is 0 Å². The van der Waals surface area contributed by atoms with Crippen LogP contribution in [0.1, 0.15) is 5.56 Å². The molecule has 0 saturated carbocycles. The van der Waals surface area contributed by atoms with Gasteiger partial charge in [-0.15, -0.1) is 17.0 Å². The minimum atomic E-state index is 0. The van der Waals surface area contributed by atoms with Crippen molar-refractivity contribution in [3.05, 3.63) is 22.8 Å². The van der Waals surface area contributed by atoms with Crippen LogP contribution in [0, 0.1) is 0 Å². The highest BCUT2D eigenvalue weighted by Crippen LogP contribution is 2.17. The van der Waals surface area contributed by atoms with Gasteiger partial charge in [-0.05, 0) is 11.6 Å². The lowest BCUT2D eigenvalue weighted by Crippen LogP contribution is -1.91. The number of nitrogens with zero attached hydrogens (tertiary/aromatic N) is 1. The minimum Gasteiger partial charge on any atom is -0.382 e. The van der Waals surface area contributed by atoms with Crippen LogP contribution in [0.5, 0.6) is 0 Å². The van der Waals surface area contributed by atoms with Crippen LogP contribution in [0.3, 0.4) is 0 Å². The van der Waals surface area contributed by atoms with Gasteiger partial charge in [0.2, 0.25) is 0 Å². The Kier molecular flexibility index (Phi) is 5.04. The van der Waals surface area contributed by atoms with E-state index in [0.717, 1.165) is 10.9 Å². The lowest BCUT2D eigenvalue weighted by molar-refractivity contribution is 1.27. The van der Waals surface area contributed by atoms with Crippen molar-refractivity contribution in [1.29, 1.82) is 0 Å². The highest BCUT2D eigenvalue weighted by Gasteiger charge is 1.96. The highest BCUT2D eigenvalue weighted by atomic mass is 79.9. The lowest BCUT2D eigenvalue weighted by atomic mass is 10.3. The maximum absolute atomic E-state index is 5.68. The Hall–Kier alpha value is 0.200. The summed E-state index contributed by atoms with van der Waals surface area (Å²) in [6.45, 7) is 0. The van der Waals surface area contributed by atoms with E-state index < -0.39 is 0 Å². The quantitative estimate of drug-likeness (QED) is 0.810. The number of nitrogens with two attached hydrogens (primary N) is 1. The smallest absolute Gasteiger partial charge is 0.142 e. The van der Waals surface area contributed by atoms with Crippen molar-refractivity contribution in [3.63, 3.8) is 0 Å². The summed E-state index contributed by atoms with van der Waals surface area (Å²) in [4.78, 5) is 3.87. The predicted molar refractivity (Wildman–Crippen MR) is 56.6 cm³/mol. The molecule has 0 aliphatic rings. The molecule has 0 saturated heterocycles. The number of nitrogen functional groups attached to an aromatic ring is 1.